The molecule has 2 aliphatic rings. The van der Waals surface area contributed by atoms with Crippen LogP contribution >= 0.6 is 11.3 Å². The number of rotatable bonds is 4. The Labute approximate surface area is 263 Å². The van der Waals surface area contributed by atoms with Crippen molar-refractivity contribution < 1.29 is 9.47 Å². The van der Waals surface area contributed by atoms with Crippen molar-refractivity contribution in [2.75, 3.05) is 4.90 Å². The maximum Gasteiger partial charge on any atom is 0.155 e. The summed E-state index contributed by atoms with van der Waals surface area (Å²) in [6, 6.07) is 44.9. The van der Waals surface area contributed by atoms with Crippen molar-refractivity contribution in [3.8, 4) is 33.4 Å². The van der Waals surface area contributed by atoms with Gasteiger partial charge in [0.1, 0.15) is 16.5 Å². The SMILES string of the molecule is CC1(C)c2ccccc2Oc2c(N(c3ccc(-c4ccccc4)s3)c3cccc4c3Oc3ccccc3C4(C)C)cccc21. The largest absolute Gasteiger partial charge is 0.455 e. The summed E-state index contributed by atoms with van der Waals surface area (Å²) in [6.07, 6.45) is 0. The van der Waals surface area contributed by atoms with Crippen LogP contribution in [0.3, 0.4) is 0 Å². The fourth-order valence-electron chi connectivity index (χ4n) is 6.83. The predicted molar refractivity (Wildman–Crippen MR) is 182 cm³/mol. The lowest BCUT2D eigenvalue weighted by Crippen LogP contribution is -2.26. The fourth-order valence-corrected chi connectivity index (χ4v) is 7.87. The normalized spacial score (nSPS) is 15.1. The van der Waals surface area contributed by atoms with E-state index >= 15 is 0 Å². The van der Waals surface area contributed by atoms with Gasteiger partial charge >= 0.3 is 0 Å². The maximum absolute atomic E-state index is 6.82. The Kier molecular flexibility index (Phi) is 6.01. The van der Waals surface area contributed by atoms with E-state index in [0.29, 0.717) is 0 Å². The van der Waals surface area contributed by atoms with Gasteiger partial charge in [0.2, 0.25) is 0 Å². The summed E-state index contributed by atoms with van der Waals surface area (Å²) in [5.41, 5.74) is 7.42. The van der Waals surface area contributed by atoms with E-state index < -0.39 is 0 Å². The van der Waals surface area contributed by atoms with Crippen LogP contribution in [0.4, 0.5) is 16.4 Å². The van der Waals surface area contributed by atoms with Crippen molar-refractivity contribution in [2.45, 2.75) is 38.5 Å². The molecule has 0 saturated carbocycles. The average Bonchev–Trinajstić information content (AvgIpc) is 3.52. The van der Waals surface area contributed by atoms with E-state index in [9.17, 15) is 0 Å². The molecule has 0 fully saturated rings. The molecule has 6 aromatic rings. The van der Waals surface area contributed by atoms with Crippen LogP contribution in [-0.2, 0) is 10.8 Å². The summed E-state index contributed by atoms with van der Waals surface area (Å²) >= 11 is 1.77. The van der Waals surface area contributed by atoms with E-state index in [4.69, 9.17) is 9.47 Å². The number of benzene rings is 5. The molecule has 0 N–H and O–H groups in total. The third kappa shape index (κ3) is 4.01. The lowest BCUT2D eigenvalue weighted by atomic mass is 9.75. The first-order valence-electron chi connectivity index (χ1n) is 15.1. The highest BCUT2D eigenvalue weighted by Crippen LogP contribution is 2.58. The standard InChI is InChI=1S/C40H33NO2S/c1-39(2)27-16-8-10-22-33(27)42-37-29(39)18-12-20-31(37)41(36-25-24-35(44-36)26-14-6-5-7-15-26)32-21-13-19-30-38(32)43-34-23-11-9-17-28(34)40(30,3)4/h5-25H,1-4H3. The second-order valence-electron chi connectivity index (χ2n) is 12.6. The first-order chi connectivity index (χ1) is 21.3. The molecular weight excluding hydrogens is 559 g/mol. The van der Waals surface area contributed by atoms with Crippen molar-refractivity contribution in [2.24, 2.45) is 0 Å². The molecule has 0 radical (unpaired) electrons. The van der Waals surface area contributed by atoms with Crippen LogP contribution in [0, 0.1) is 0 Å². The molecule has 1 aromatic heterocycles. The topological polar surface area (TPSA) is 21.7 Å². The zero-order valence-electron chi connectivity index (χ0n) is 25.3. The minimum Gasteiger partial charge on any atom is -0.455 e. The van der Waals surface area contributed by atoms with Crippen molar-refractivity contribution in [3.63, 3.8) is 0 Å². The van der Waals surface area contributed by atoms with Crippen LogP contribution in [0.15, 0.2) is 127 Å². The van der Waals surface area contributed by atoms with Gasteiger partial charge in [-0.15, -0.1) is 11.3 Å². The molecule has 0 unspecified atom stereocenters. The monoisotopic (exact) mass is 591 g/mol. The van der Waals surface area contributed by atoms with Crippen molar-refractivity contribution in [1.82, 2.24) is 0 Å². The molecule has 0 atom stereocenters. The highest BCUT2D eigenvalue weighted by Gasteiger charge is 2.39. The molecule has 4 heteroatoms. The second-order valence-corrected chi connectivity index (χ2v) is 13.7. The van der Waals surface area contributed by atoms with Crippen LogP contribution in [-0.4, -0.2) is 0 Å². The van der Waals surface area contributed by atoms with Gasteiger partial charge in [-0.3, -0.25) is 4.90 Å². The van der Waals surface area contributed by atoms with Gasteiger partial charge in [0.15, 0.2) is 11.5 Å². The lowest BCUT2D eigenvalue weighted by Gasteiger charge is -2.39. The highest BCUT2D eigenvalue weighted by molar-refractivity contribution is 7.19. The molecule has 8 rings (SSSR count). The van der Waals surface area contributed by atoms with Crippen LogP contribution in [0.1, 0.15) is 49.9 Å². The lowest BCUT2D eigenvalue weighted by molar-refractivity contribution is 0.416. The molecule has 5 aromatic carbocycles. The van der Waals surface area contributed by atoms with Gasteiger partial charge in [-0.05, 0) is 42.0 Å². The molecule has 0 spiro atoms. The van der Waals surface area contributed by atoms with E-state index in [-0.39, 0.29) is 10.8 Å². The summed E-state index contributed by atoms with van der Waals surface area (Å²) in [5, 5.41) is 1.09. The number of hydrogen-bond donors (Lipinski definition) is 0. The van der Waals surface area contributed by atoms with E-state index in [1.54, 1.807) is 11.3 Å². The van der Waals surface area contributed by atoms with Gasteiger partial charge in [-0.2, -0.15) is 0 Å². The number of hydrogen-bond acceptors (Lipinski definition) is 4. The van der Waals surface area contributed by atoms with Crippen LogP contribution < -0.4 is 14.4 Å². The second kappa shape index (κ2) is 9.87. The molecule has 3 heterocycles. The number of para-hydroxylation sites is 4. The number of nitrogens with zero attached hydrogens (tertiary/aromatic N) is 1. The van der Waals surface area contributed by atoms with E-state index in [0.717, 1.165) is 50.5 Å². The predicted octanol–water partition coefficient (Wildman–Crippen LogP) is 11.7. The molecular formula is C40H33NO2S. The Morgan fingerprint density at radius 2 is 0.955 bits per heavy atom. The van der Waals surface area contributed by atoms with E-state index in [1.807, 2.05) is 12.1 Å². The first kappa shape index (κ1) is 26.8. The van der Waals surface area contributed by atoms with Gasteiger partial charge in [-0.25, -0.2) is 0 Å². The third-order valence-corrected chi connectivity index (χ3v) is 10.4. The number of fused-ring (bicyclic) bond motifs is 4. The molecule has 3 nitrogen and oxygen atoms in total. The van der Waals surface area contributed by atoms with Crippen molar-refractivity contribution in [1.29, 1.82) is 0 Å². The minimum absolute atomic E-state index is 0.232. The zero-order valence-corrected chi connectivity index (χ0v) is 26.1. The summed E-state index contributed by atoms with van der Waals surface area (Å²) in [5.74, 6) is 3.54. The third-order valence-electron chi connectivity index (χ3n) is 9.23. The van der Waals surface area contributed by atoms with Crippen molar-refractivity contribution >= 4 is 27.7 Å². The van der Waals surface area contributed by atoms with Crippen LogP contribution in [0.5, 0.6) is 23.0 Å². The minimum atomic E-state index is -0.232. The van der Waals surface area contributed by atoms with Gasteiger partial charge < -0.3 is 9.47 Å². The summed E-state index contributed by atoms with van der Waals surface area (Å²) < 4.78 is 13.6. The first-order valence-corrected chi connectivity index (χ1v) is 15.9. The number of thiophene rings is 1. The number of anilines is 3. The van der Waals surface area contributed by atoms with Gasteiger partial charge in [0.25, 0.3) is 0 Å². The van der Waals surface area contributed by atoms with Crippen LogP contribution in [0.25, 0.3) is 10.4 Å². The summed E-state index contributed by atoms with van der Waals surface area (Å²) in [7, 11) is 0. The molecule has 0 saturated heterocycles. The maximum atomic E-state index is 6.82. The Morgan fingerprint density at radius 1 is 0.477 bits per heavy atom. The van der Waals surface area contributed by atoms with Crippen molar-refractivity contribution in [3.05, 3.63) is 150 Å². The molecule has 2 aliphatic heterocycles. The Hall–Kier alpha value is -4.80. The molecule has 0 bridgehead atoms. The Bertz CT molecular complexity index is 1930. The van der Waals surface area contributed by atoms with Gasteiger partial charge in [0.05, 0.1) is 11.4 Å². The Balaban J connectivity index is 1.37. The molecule has 44 heavy (non-hydrogen) atoms. The smallest absolute Gasteiger partial charge is 0.155 e. The van der Waals surface area contributed by atoms with Gasteiger partial charge in [-0.1, -0.05) is 119 Å². The van der Waals surface area contributed by atoms with Gasteiger partial charge in [0, 0.05) is 38.0 Å². The van der Waals surface area contributed by atoms with E-state index in [2.05, 4.69) is 148 Å². The summed E-state index contributed by atoms with van der Waals surface area (Å²) in [6.45, 7) is 9.14. The van der Waals surface area contributed by atoms with E-state index in [1.165, 1.54) is 21.6 Å². The molecule has 0 aliphatic carbocycles. The zero-order chi connectivity index (χ0) is 30.1. The average molecular weight is 592 g/mol. The van der Waals surface area contributed by atoms with Crippen LogP contribution in [0.2, 0.25) is 0 Å². The number of ether oxygens (including phenoxy) is 2. The Morgan fingerprint density at radius 3 is 1.50 bits per heavy atom. The highest BCUT2D eigenvalue weighted by atomic mass is 32.1. The quantitative estimate of drug-likeness (QED) is 0.204. The molecule has 216 valence electrons. The summed E-state index contributed by atoms with van der Waals surface area (Å²) in [4.78, 5) is 3.54. The fraction of sp³-hybridized carbons (Fsp3) is 0.150. The molecule has 0 amide bonds.